The van der Waals surface area contributed by atoms with E-state index in [0.717, 1.165) is 24.1 Å². The molecule has 1 aliphatic heterocycles. The van der Waals surface area contributed by atoms with Crippen LogP contribution in [-0.4, -0.2) is 5.17 Å². The lowest BCUT2D eigenvalue weighted by Crippen LogP contribution is -1.99. The van der Waals surface area contributed by atoms with Crippen LogP contribution >= 0.6 is 23.2 Å². The Bertz CT molecular complexity index is 487. The Hall–Kier alpha value is -0.790. The molecule has 2 rings (SSSR count). The van der Waals surface area contributed by atoms with Crippen LogP contribution in [0.15, 0.2) is 33.8 Å². The van der Waals surface area contributed by atoms with Gasteiger partial charge in [0.1, 0.15) is 5.17 Å². The second-order valence-electron chi connectivity index (χ2n) is 4.13. The maximum Gasteiger partial charge on any atom is 0.148 e. The fourth-order valence-electron chi connectivity index (χ4n) is 1.79. The van der Waals surface area contributed by atoms with E-state index in [-0.39, 0.29) is 0 Å². The zero-order chi connectivity index (χ0) is 11.7. The lowest BCUT2D eigenvalue weighted by Gasteiger charge is -2.12. The van der Waals surface area contributed by atoms with E-state index in [1.807, 2.05) is 19.1 Å². The van der Waals surface area contributed by atoms with E-state index in [9.17, 15) is 0 Å². The molecule has 0 aliphatic carbocycles. The summed E-state index contributed by atoms with van der Waals surface area (Å²) in [6.45, 7) is 4.08. The first-order valence-corrected chi connectivity index (χ1v) is 6.03. The zero-order valence-electron chi connectivity index (χ0n) is 9.35. The molecule has 3 heteroatoms. The molecule has 1 heterocycles. The van der Waals surface area contributed by atoms with Crippen molar-refractivity contribution in [3.8, 4) is 0 Å². The molecule has 0 aromatic heterocycles. The van der Waals surface area contributed by atoms with E-state index in [1.165, 1.54) is 11.1 Å². The molecule has 0 unspecified atom stereocenters. The number of aliphatic imine (C=N–C) groups is 1. The van der Waals surface area contributed by atoms with Crippen LogP contribution in [0.25, 0.3) is 0 Å². The van der Waals surface area contributed by atoms with Crippen molar-refractivity contribution in [1.82, 2.24) is 0 Å². The molecule has 0 N–H and O–H groups in total. The number of aryl methyl sites for hydroxylation is 2. The van der Waals surface area contributed by atoms with Gasteiger partial charge in [0.25, 0.3) is 0 Å². The van der Waals surface area contributed by atoms with Gasteiger partial charge in [-0.3, -0.25) is 0 Å². The monoisotopic (exact) mass is 253 g/mol. The van der Waals surface area contributed by atoms with Crippen LogP contribution in [0.4, 0.5) is 5.69 Å². The molecule has 0 radical (unpaired) electrons. The van der Waals surface area contributed by atoms with Gasteiger partial charge in [0.15, 0.2) is 0 Å². The van der Waals surface area contributed by atoms with E-state index in [1.54, 1.807) is 0 Å². The second-order valence-corrected chi connectivity index (χ2v) is 4.87. The van der Waals surface area contributed by atoms with E-state index in [4.69, 9.17) is 23.2 Å². The summed E-state index contributed by atoms with van der Waals surface area (Å²) in [6.07, 6.45) is 1.90. The smallest absolute Gasteiger partial charge is 0.148 e. The maximum atomic E-state index is 6.11. The van der Waals surface area contributed by atoms with Crippen molar-refractivity contribution in [3.05, 3.63) is 39.9 Å². The Balaban J connectivity index is 2.54. The van der Waals surface area contributed by atoms with E-state index in [2.05, 4.69) is 18.0 Å². The Labute approximate surface area is 106 Å². The first-order valence-electron chi connectivity index (χ1n) is 5.27. The topological polar surface area (TPSA) is 12.4 Å². The summed E-state index contributed by atoms with van der Waals surface area (Å²) in [5.41, 5.74) is 4.52. The summed E-state index contributed by atoms with van der Waals surface area (Å²) in [4.78, 5) is 4.36. The van der Waals surface area contributed by atoms with Crippen molar-refractivity contribution in [1.29, 1.82) is 0 Å². The predicted octanol–water partition coefficient (Wildman–Crippen LogP) is 4.72. The molecule has 1 aliphatic rings. The molecular formula is C13H13Cl2N. The van der Waals surface area contributed by atoms with Gasteiger partial charge < -0.3 is 0 Å². The van der Waals surface area contributed by atoms with Crippen molar-refractivity contribution < 1.29 is 0 Å². The first kappa shape index (κ1) is 11.7. The number of halogens is 2. The lowest BCUT2D eigenvalue weighted by atomic mass is 10.0. The molecule has 0 atom stereocenters. The molecular weight excluding hydrogens is 241 g/mol. The minimum Gasteiger partial charge on any atom is -0.235 e. The van der Waals surface area contributed by atoms with Gasteiger partial charge in [-0.15, -0.1) is 0 Å². The molecule has 0 amide bonds. The summed E-state index contributed by atoms with van der Waals surface area (Å²) >= 11 is 12.2. The molecule has 1 aromatic rings. The van der Waals surface area contributed by atoms with Crippen LogP contribution in [0.1, 0.15) is 24.5 Å². The van der Waals surface area contributed by atoms with E-state index in [0.29, 0.717) is 10.2 Å². The Kier molecular flexibility index (Phi) is 3.36. The van der Waals surface area contributed by atoms with E-state index < -0.39 is 0 Å². The molecule has 1 aromatic carbocycles. The molecule has 16 heavy (non-hydrogen) atoms. The van der Waals surface area contributed by atoms with Crippen LogP contribution < -0.4 is 0 Å². The number of benzene rings is 1. The largest absolute Gasteiger partial charge is 0.235 e. The number of nitrogens with zero attached hydrogens (tertiary/aromatic N) is 1. The predicted molar refractivity (Wildman–Crippen MR) is 71.0 cm³/mol. The summed E-state index contributed by atoms with van der Waals surface area (Å²) in [6, 6.07) is 6.20. The molecule has 0 spiro atoms. The maximum absolute atomic E-state index is 6.11. The molecule has 1 nitrogen and oxygen atoms in total. The summed E-state index contributed by atoms with van der Waals surface area (Å²) in [5.74, 6) is 0. The second kappa shape index (κ2) is 4.60. The van der Waals surface area contributed by atoms with Crippen LogP contribution in [-0.2, 0) is 6.42 Å². The molecule has 0 bridgehead atoms. The third-order valence-electron chi connectivity index (χ3n) is 2.78. The summed E-state index contributed by atoms with van der Waals surface area (Å²) in [5, 5.41) is 0.983. The van der Waals surface area contributed by atoms with Crippen LogP contribution in [0.3, 0.4) is 0 Å². The summed E-state index contributed by atoms with van der Waals surface area (Å²) in [7, 11) is 0. The minimum absolute atomic E-state index is 0.393. The SMILES string of the molecule is CC1=C(Cl)C(Cl)=Nc2ccc(C)cc2CC1. The standard InChI is InChI=1S/C13H13Cl2N/c1-8-3-6-11-10(7-8)5-4-9(2)12(14)13(15)16-11/h3,6-7H,4-5H2,1-2H3. The molecule has 0 fully saturated rings. The minimum atomic E-state index is 0.393. The molecule has 0 saturated carbocycles. The van der Waals surface area contributed by atoms with Crippen molar-refractivity contribution in [3.63, 3.8) is 0 Å². The van der Waals surface area contributed by atoms with Gasteiger partial charge >= 0.3 is 0 Å². The van der Waals surface area contributed by atoms with Crippen molar-refractivity contribution in [2.75, 3.05) is 0 Å². The first-order chi connectivity index (χ1) is 7.58. The highest BCUT2D eigenvalue weighted by Crippen LogP contribution is 2.29. The Morgan fingerprint density at radius 2 is 1.88 bits per heavy atom. The van der Waals surface area contributed by atoms with Crippen molar-refractivity contribution in [2.24, 2.45) is 4.99 Å². The van der Waals surface area contributed by atoms with Gasteiger partial charge in [-0.05, 0) is 38.3 Å². The third kappa shape index (κ3) is 2.31. The van der Waals surface area contributed by atoms with Crippen molar-refractivity contribution in [2.45, 2.75) is 26.7 Å². The Morgan fingerprint density at radius 3 is 2.62 bits per heavy atom. The molecule has 0 saturated heterocycles. The third-order valence-corrected chi connectivity index (χ3v) is 3.65. The quantitative estimate of drug-likeness (QED) is 0.635. The van der Waals surface area contributed by atoms with Gasteiger partial charge in [-0.25, -0.2) is 4.99 Å². The summed E-state index contributed by atoms with van der Waals surface area (Å²) < 4.78 is 0. The van der Waals surface area contributed by atoms with Gasteiger partial charge in [0, 0.05) is 0 Å². The van der Waals surface area contributed by atoms with Gasteiger partial charge in [-0.2, -0.15) is 0 Å². The zero-order valence-corrected chi connectivity index (χ0v) is 10.9. The average molecular weight is 254 g/mol. The number of allylic oxidation sites excluding steroid dienone is 2. The lowest BCUT2D eigenvalue weighted by molar-refractivity contribution is 0.934. The highest BCUT2D eigenvalue weighted by molar-refractivity contribution is 6.76. The van der Waals surface area contributed by atoms with Crippen LogP contribution in [0, 0.1) is 6.92 Å². The normalized spacial score (nSPS) is 16.4. The van der Waals surface area contributed by atoms with Crippen molar-refractivity contribution >= 4 is 34.1 Å². The number of rotatable bonds is 0. The molecule has 84 valence electrons. The average Bonchev–Trinajstić information content (AvgIpc) is 2.26. The fourth-order valence-corrected chi connectivity index (χ4v) is 2.18. The van der Waals surface area contributed by atoms with Gasteiger partial charge in [0.05, 0.1) is 10.7 Å². The number of hydrogen-bond donors (Lipinski definition) is 0. The van der Waals surface area contributed by atoms with Crippen LogP contribution in [0.5, 0.6) is 0 Å². The van der Waals surface area contributed by atoms with E-state index >= 15 is 0 Å². The Morgan fingerprint density at radius 1 is 1.12 bits per heavy atom. The van der Waals surface area contributed by atoms with Gasteiger partial charge in [-0.1, -0.05) is 46.5 Å². The fraction of sp³-hybridized carbons (Fsp3) is 0.308. The van der Waals surface area contributed by atoms with Crippen LogP contribution in [0.2, 0.25) is 0 Å². The number of hydrogen-bond acceptors (Lipinski definition) is 1. The highest BCUT2D eigenvalue weighted by atomic mass is 35.5. The number of fused-ring (bicyclic) bond motifs is 1. The van der Waals surface area contributed by atoms with Gasteiger partial charge in [0.2, 0.25) is 0 Å². The highest BCUT2D eigenvalue weighted by Gasteiger charge is 2.12.